The van der Waals surface area contributed by atoms with Crippen LogP contribution in [0.5, 0.6) is 5.75 Å². The summed E-state index contributed by atoms with van der Waals surface area (Å²) in [6.45, 7) is 2.03. The van der Waals surface area contributed by atoms with Gasteiger partial charge in [0.2, 0.25) is 0 Å². The standard InChI is InChI=1S/C16H21NO5/c1-12(4-2-3-5-15(19)17-21)16(20)13-6-8-14(9-7-13)22-11-10-18/h2-9,12,16,18,20-21H,10-11H2,1H3,(H,17,19)/b4-2+,5-3+/t12-,16+/m0/s1. The zero-order valence-electron chi connectivity index (χ0n) is 12.3. The molecule has 0 aromatic heterocycles. The molecule has 120 valence electrons. The number of aliphatic hydroxyl groups is 2. The Bertz CT molecular complexity index is 510. The Kier molecular flexibility index (Phi) is 7.91. The summed E-state index contributed by atoms with van der Waals surface area (Å²) in [5.41, 5.74) is 2.23. The summed E-state index contributed by atoms with van der Waals surface area (Å²) in [5, 5.41) is 27.2. The van der Waals surface area contributed by atoms with Gasteiger partial charge < -0.3 is 14.9 Å². The second-order valence-electron chi connectivity index (χ2n) is 4.67. The number of rotatable bonds is 8. The predicted molar refractivity (Wildman–Crippen MR) is 81.4 cm³/mol. The summed E-state index contributed by atoms with van der Waals surface area (Å²) < 4.78 is 5.25. The topological polar surface area (TPSA) is 99.0 Å². The highest BCUT2D eigenvalue weighted by Crippen LogP contribution is 2.24. The molecule has 4 N–H and O–H groups in total. The van der Waals surface area contributed by atoms with Gasteiger partial charge in [-0.05, 0) is 17.7 Å². The lowest BCUT2D eigenvalue weighted by molar-refractivity contribution is -0.124. The molecule has 0 aliphatic rings. The maximum Gasteiger partial charge on any atom is 0.267 e. The number of hydrogen-bond acceptors (Lipinski definition) is 5. The minimum Gasteiger partial charge on any atom is -0.491 e. The number of amides is 1. The molecule has 1 aromatic carbocycles. The van der Waals surface area contributed by atoms with E-state index in [2.05, 4.69) is 0 Å². The van der Waals surface area contributed by atoms with Gasteiger partial charge in [0, 0.05) is 12.0 Å². The number of ether oxygens (including phenoxy) is 1. The molecule has 0 aliphatic carbocycles. The van der Waals surface area contributed by atoms with E-state index in [1.165, 1.54) is 17.6 Å². The van der Waals surface area contributed by atoms with Gasteiger partial charge in [-0.1, -0.05) is 37.3 Å². The molecule has 0 saturated carbocycles. The van der Waals surface area contributed by atoms with Crippen molar-refractivity contribution in [1.29, 1.82) is 0 Å². The van der Waals surface area contributed by atoms with Crippen molar-refractivity contribution in [3.05, 3.63) is 54.1 Å². The molecule has 1 amide bonds. The van der Waals surface area contributed by atoms with Gasteiger partial charge in [-0.2, -0.15) is 0 Å². The molecule has 0 unspecified atom stereocenters. The molecule has 2 atom stereocenters. The number of hydrogen-bond donors (Lipinski definition) is 4. The predicted octanol–water partition coefficient (Wildman–Crippen LogP) is 1.34. The maximum atomic E-state index is 10.8. The number of nitrogens with one attached hydrogen (secondary N) is 1. The Labute approximate surface area is 129 Å². The Balaban J connectivity index is 2.58. The fourth-order valence-corrected chi connectivity index (χ4v) is 1.75. The van der Waals surface area contributed by atoms with Crippen molar-refractivity contribution in [1.82, 2.24) is 5.48 Å². The van der Waals surface area contributed by atoms with E-state index in [0.717, 1.165) is 5.56 Å². The molecular weight excluding hydrogens is 286 g/mol. The zero-order chi connectivity index (χ0) is 16.4. The lowest BCUT2D eigenvalue weighted by Gasteiger charge is -2.16. The first-order chi connectivity index (χ1) is 10.6. The van der Waals surface area contributed by atoms with Crippen LogP contribution >= 0.6 is 0 Å². The van der Waals surface area contributed by atoms with Crippen LogP contribution < -0.4 is 10.2 Å². The number of carbonyl (C=O) groups is 1. The maximum absolute atomic E-state index is 10.8. The molecule has 6 nitrogen and oxygen atoms in total. The van der Waals surface area contributed by atoms with E-state index < -0.39 is 12.0 Å². The van der Waals surface area contributed by atoms with Crippen molar-refractivity contribution in [2.45, 2.75) is 13.0 Å². The van der Waals surface area contributed by atoms with Gasteiger partial charge in [-0.25, -0.2) is 5.48 Å². The van der Waals surface area contributed by atoms with Crippen molar-refractivity contribution < 1.29 is 25.0 Å². The van der Waals surface area contributed by atoms with E-state index in [9.17, 15) is 9.90 Å². The van der Waals surface area contributed by atoms with E-state index in [1.54, 1.807) is 36.4 Å². The molecule has 0 heterocycles. The molecule has 22 heavy (non-hydrogen) atoms. The second kappa shape index (κ2) is 9.73. The fourth-order valence-electron chi connectivity index (χ4n) is 1.75. The van der Waals surface area contributed by atoms with Crippen LogP contribution in [0.2, 0.25) is 0 Å². The van der Waals surface area contributed by atoms with Crippen LogP contribution in [0, 0.1) is 5.92 Å². The SMILES string of the molecule is C[C@@H](/C=C/C=C/C(=O)NO)[C@@H](O)c1ccc(OCCO)cc1. The normalized spacial score (nSPS) is 14.2. The minimum atomic E-state index is -0.691. The van der Waals surface area contributed by atoms with Crippen LogP contribution in [0.3, 0.4) is 0 Å². The summed E-state index contributed by atoms with van der Waals surface area (Å²) >= 11 is 0. The van der Waals surface area contributed by atoms with Crippen LogP contribution in [0.1, 0.15) is 18.6 Å². The number of aliphatic hydroxyl groups excluding tert-OH is 2. The van der Waals surface area contributed by atoms with Crippen molar-refractivity contribution in [2.24, 2.45) is 5.92 Å². The Morgan fingerprint density at radius 3 is 2.59 bits per heavy atom. The van der Waals surface area contributed by atoms with Crippen LogP contribution in [-0.2, 0) is 4.79 Å². The number of hydroxylamine groups is 1. The van der Waals surface area contributed by atoms with Gasteiger partial charge in [0.05, 0.1) is 12.7 Å². The molecule has 1 aromatic rings. The van der Waals surface area contributed by atoms with E-state index in [0.29, 0.717) is 5.75 Å². The highest BCUT2D eigenvalue weighted by molar-refractivity contribution is 5.86. The van der Waals surface area contributed by atoms with E-state index >= 15 is 0 Å². The third-order valence-electron chi connectivity index (χ3n) is 2.96. The van der Waals surface area contributed by atoms with Gasteiger partial charge in [-0.3, -0.25) is 10.0 Å². The summed E-state index contributed by atoms with van der Waals surface area (Å²) in [6.07, 6.45) is 5.33. The molecule has 0 aliphatic heterocycles. The summed E-state index contributed by atoms with van der Waals surface area (Å²) in [5.74, 6) is -0.145. The van der Waals surface area contributed by atoms with Gasteiger partial charge in [-0.15, -0.1) is 0 Å². The van der Waals surface area contributed by atoms with Crippen LogP contribution in [0.4, 0.5) is 0 Å². The van der Waals surface area contributed by atoms with Crippen molar-refractivity contribution in [3.63, 3.8) is 0 Å². The molecule has 0 bridgehead atoms. The summed E-state index contributed by atoms with van der Waals surface area (Å²) in [4.78, 5) is 10.8. The van der Waals surface area contributed by atoms with Crippen LogP contribution in [0.15, 0.2) is 48.6 Å². The molecule has 6 heteroatoms. The van der Waals surface area contributed by atoms with E-state index in [4.69, 9.17) is 15.1 Å². The van der Waals surface area contributed by atoms with Gasteiger partial charge in [0.15, 0.2) is 0 Å². The Morgan fingerprint density at radius 2 is 2.00 bits per heavy atom. The smallest absolute Gasteiger partial charge is 0.267 e. The second-order valence-corrected chi connectivity index (χ2v) is 4.67. The first-order valence-electron chi connectivity index (χ1n) is 6.89. The first kappa shape index (κ1) is 17.9. The third-order valence-corrected chi connectivity index (χ3v) is 2.96. The van der Waals surface area contributed by atoms with Gasteiger partial charge in [0.25, 0.3) is 5.91 Å². The van der Waals surface area contributed by atoms with Crippen molar-refractivity contribution in [2.75, 3.05) is 13.2 Å². The molecule has 0 radical (unpaired) electrons. The quantitative estimate of drug-likeness (QED) is 0.251. The molecular formula is C16H21NO5. The number of allylic oxidation sites excluding steroid dienone is 2. The fraction of sp³-hybridized carbons (Fsp3) is 0.312. The van der Waals surface area contributed by atoms with E-state index in [-0.39, 0.29) is 19.1 Å². The lowest BCUT2D eigenvalue weighted by Crippen LogP contribution is -2.14. The van der Waals surface area contributed by atoms with Crippen LogP contribution in [0.25, 0.3) is 0 Å². The highest BCUT2D eigenvalue weighted by Gasteiger charge is 2.13. The lowest BCUT2D eigenvalue weighted by atomic mass is 9.97. The average Bonchev–Trinajstić information content (AvgIpc) is 2.56. The average molecular weight is 307 g/mol. The van der Waals surface area contributed by atoms with E-state index in [1.807, 2.05) is 6.92 Å². The first-order valence-corrected chi connectivity index (χ1v) is 6.89. The number of benzene rings is 1. The summed E-state index contributed by atoms with van der Waals surface area (Å²) in [7, 11) is 0. The van der Waals surface area contributed by atoms with Gasteiger partial charge >= 0.3 is 0 Å². The Morgan fingerprint density at radius 1 is 1.32 bits per heavy atom. The Hall–Kier alpha value is -2.15. The van der Waals surface area contributed by atoms with Crippen LogP contribution in [-0.4, -0.2) is 34.5 Å². The minimum absolute atomic E-state index is 0.0476. The molecule has 0 spiro atoms. The third kappa shape index (κ3) is 6.09. The van der Waals surface area contributed by atoms with Crippen molar-refractivity contribution >= 4 is 5.91 Å². The monoisotopic (exact) mass is 307 g/mol. The highest BCUT2D eigenvalue weighted by atomic mass is 16.5. The van der Waals surface area contributed by atoms with Gasteiger partial charge in [0.1, 0.15) is 12.4 Å². The molecule has 0 saturated heterocycles. The molecule has 0 fully saturated rings. The summed E-state index contributed by atoms with van der Waals surface area (Å²) in [6, 6.07) is 6.99. The van der Waals surface area contributed by atoms with Crippen molar-refractivity contribution in [3.8, 4) is 5.75 Å². The largest absolute Gasteiger partial charge is 0.491 e. The zero-order valence-corrected chi connectivity index (χ0v) is 12.3. The number of carbonyl (C=O) groups excluding carboxylic acids is 1. The molecule has 1 rings (SSSR count).